The molecule has 0 amide bonds. The minimum absolute atomic E-state index is 0.520. The first kappa shape index (κ1) is 16.0. The molecule has 1 unspecified atom stereocenters. The smallest absolute Gasteiger partial charge is 0.131 e. The van der Waals surface area contributed by atoms with Crippen LogP contribution in [0, 0.1) is 6.92 Å². The number of hydrogen-bond acceptors (Lipinski definition) is 6. The minimum Gasteiger partial charge on any atom is -0.370 e. The van der Waals surface area contributed by atoms with Crippen molar-refractivity contribution >= 4 is 11.6 Å². The molecule has 1 aliphatic rings. The largest absolute Gasteiger partial charge is 0.370 e. The van der Waals surface area contributed by atoms with Crippen LogP contribution in [0.1, 0.15) is 19.2 Å². The first-order valence-corrected chi connectivity index (χ1v) is 7.80. The summed E-state index contributed by atoms with van der Waals surface area (Å²) in [5.74, 6) is 2.61. The molecule has 1 aliphatic heterocycles. The molecule has 2 N–H and O–H groups in total. The zero-order valence-corrected chi connectivity index (χ0v) is 13.7. The van der Waals surface area contributed by atoms with Crippen molar-refractivity contribution in [3.8, 4) is 0 Å². The maximum atomic E-state index is 4.48. The Kier molecular flexibility index (Phi) is 5.76. The molecule has 1 fully saturated rings. The summed E-state index contributed by atoms with van der Waals surface area (Å²) in [4.78, 5) is 13.7. The Bertz CT molecular complexity index is 450. The highest BCUT2D eigenvalue weighted by Crippen LogP contribution is 2.13. The lowest BCUT2D eigenvalue weighted by Crippen LogP contribution is -2.52. The van der Waals surface area contributed by atoms with E-state index in [1.807, 2.05) is 13.0 Å². The summed E-state index contributed by atoms with van der Waals surface area (Å²) >= 11 is 0. The van der Waals surface area contributed by atoms with Crippen LogP contribution in [0.25, 0.3) is 0 Å². The normalized spacial score (nSPS) is 20.5. The second-order valence-electron chi connectivity index (χ2n) is 5.89. The van der Waals surface area contributed by atoms with Crippen molar-refractivity contribution in [1.82, 2.24) is 19.8 Å². The number of likely N-dealkylation sites (N-methyl/N-ethyl adjacent to an activating group) is 2. The van der Waals surface area contributed by atoms with Gasteiger partial charge in [-0.15, -0.1) is 0 Å². The summed E-state index contributed by atoms with van der Waals surface area (Å²) in [5.41, 5.74) is 0. The van der Waals surface area contributed by atoms with E-state index in [0.29, 0.717) is 6.04 Å². The summed E-state index contributed by atoms with van der Waals surface area (Å²) in [7, 11) is 4.38. The van der Waals surface area contributed by atoms with Crippen LogP contribution in [0.5, 0.6) is 0 Å². The van der Waals surface area contributed by atoms with Gasteiger partial charge in [0.05, 0.1) is 0 Å². The van der Waals surface area contributed by atoms with Gasteiger partial charge in [0.25, 0.3) is 0 Å². The second kappa shape index (κ2) is 7.56. The average molecular weight is 292 g/mol. The Balaban J connectivity index is 1.94. The Morgan fingerprint density at radius 2 is 1.90 bits per heavy atom. The first-order valence-electron chi connectivity index (χ1n) is 7.80. The Labute approximate surface area is 127 Å². The van der Waals surface area contributed by atoms with Gasteiger partial charge >= 0.3 is 0 Å². The molecule has 0 aromatic carbocycles. The van der Waals surface area contributed by atoms with Crippen molar-refractivity contribution in [3.63, 3.8) is 0 Å². The number of aromatic nitrogens is 2. The topological polar surface area (TPSA) is 56.3 Å². The van der Waals surface area contributed by atoms with Gasteiger partial charge < -0.3 is 15.5 Å². The number of rotatable bonds is 6. The Hall–Kier alpha value is -1.40. The molecule has 0 saturated carbocycles. The summed E-state index contributed by atoms with van der Waals surface area (Å²) in [6, 6.07) is 2.51. The Morgan fingerprint density at radius 1 is 1.19 bits per heavy atom. The molecule has 6 heteroatoms. The van der Waals surface area contributed by atoms with Crippen molar-refractivity contribution in [2.24, 2.45) is 0 Å². The lowest BCUT2D eigenvalue weighted by molar-refractivity contribution is 0.122. The molecule has 0 spiro atoms. The fourth-order valence-corrected chi connectivity index (χ4v) is 2.55. The van der Waals surface area contributed by atoms with Crippen molar-refractivity contribution in [2.75, 3.05) is 57.5 Å². The van der Waals surface area contributed by atoms with E-state index in [-0.39, 0.29) is 0 Å². The van der Waals surface area contributed by atoms with E-state index in [0.717, 1.165) is 56.6 Å². The highest BCUT2D eigenvalue weighted by Gasteiger charge is 2.21. The van der Waals surface area contributed by atoms with E-state index < -0.39 is 0 Å². The molecule has 21 heavy (non-hydrogen) atoms. The fraction of sp³-hybridized carbons (Fsp3) is 0.733. The standard InChI is InChI=1S/C15H28N6/c1-5-6-16-14-9-15(19-12(2)18-14)17-10-13-11-20(3)7-8-21(13)4/h9,13H,5-8,10-11H2,1-4H3,(H2,16,17,18,19). The van der Waals surface area contributed by atoms with E-state index in [1.54, 1.807) is 0 Å². The molecule has 1 aromatic rings. The predicted octanol–water partition coefficient (Wildman–Crippen LogP) is 1.26. The monoisotopic (exact) mass is 292 g/mol. The van der Waals surface area contributed by atoms with Crippen molar-refractivity contribution in [3.05, 3.63) is 11.9 Å². The summed E-state index contributed by atoms with van der Waals surface area (Å²) in [6.45, 7) is 9.28. The number of piperazine rings is 1. The van der Waals surface area contributed by atoms with Gasteiger partial charge in [0.1, 0.15) is 17.5 Å². The third kappa shape index (κ3) is 4.82. The summed E-state index contributed by atoms with van der Waals surface area (Å²) in [5, 5.41) is 6.78. The molecule has 1 saturated heterocycles. The minimum atomic E-state index is 0.520. The highest BCUT2D eigenvalue weighted by atomic mass is 15.3. The van der Waals surface area contributed by atoms with E-state index in [1.165, 1.54) is 0 Å². The molecule has 2 heterocycles. The molecular weight excluding hydrogens is 264 g/mol. The van der Waals surface area contributed by atoms with E-state index in [9.17, 15) is 0 Å². The number of aryl methyl sites for hydroxylation is 1. The number of nitrogens with zero attached hydrogens (tertiary/aromatic N) is 4. The van der Waals surface area contributed by atoms with E-state index >= 15 is 0 Å². The van der Waals surface area contributed by atoms with Crippen LogP contribution >= 0.6 is 0 Å². The van der Waals surface area contributed by atoms with Crippen LogP contribution in [0.2, 0.25) is 0 Å². The Morgan fingerprint density at radius 3 is 2.62 bits per heavy atom. The van der Waals surface area contributed by atoms with Crippen molar-refractivity contribution < 1.29 is 0 Å². The van der Waals surface area contributed by atoms with Crippen molar-refractivity contribution in [1.29, 1.82) is 0 Å². The van der Waals surface area contributed by atoms with Crippen molar-refractivity contribution in [2.45, 2.75) is 26.3 Å². The third-order valence-electron chi connectivity index (χ3n) is 3.89. The maximum absolute atomic E-state index is 4.48. The van der Waals surface area contributed by atoms with E-state index in [4.69, 9.17) is 0 Å². The second-order valence-corrected chi connectivity index (χ2v) is 5.89. The zero-order valence-electron chi connectivity index (χ0n) is 13.7. The third-order valence-corrected chi connectivity index (χ3v) is 3.89. The van der Waals surface area contributed by atoms with Gasteiger partial charge in [-0.05, 0) is 27.4 Å². The summed E-state index contributed by atoms with van der Waals surface area (Å²) in [6.07, 6.45) is 1.09. The van der Waals surface area contributed by atoms with Gasteiger partial charge in [-0.25, -0.2) is 9.97 Å². The van der Waals surface area contributed by atoms with Crippen LogP contribution in [0.4, 0.5) is 11.6 Å². The van der Waals surface area contributed by atoms with Gasteiger partial charge in [0.2, 0.25) is 0 Å². The fourth-order valence-electron chi connectivity index (χ4n) is 2.55. The molecule has 1 atom stereocenters. The molecule has 6 nitrogen and oxygen atoms in total. The van der Waals surface area contributed by atoms with Crippen LogP contribution in [0.3, 0.4) is 0 Å². The average Bonchev–Trinajstić information content (AvgIpc) is 2.45. The molecule has 0 radical (unpaired) electrons. The maximum Gasteiger partial charge on any atom is 0.131 e. The molecule has 1 aromatic heterocycles. The molecule has 0 bridgehead atoms. The first-order chi connectivity index (χ1) is 10.1. The van der Waals surface area contributed by atoms with Gasteiger partial charge in [-0.3, -0.25) is 4.90 Å². The number of anilines is 2. The van der Waals surface area contributed by atoms with Crippen LogP contribution < -0.4 is 10.6 Å². The molecule has 2 rings (SSSR count). The van der Waals surface area contributed by atoms with Crippen LogP contribution in [-0.4, -0.2) is 72.6 Å². The predicted molar refractivity (Wildman–Crippen MR) is 88.0 cm³/mol. The summed E-state index contributed by atoms with van der Waals surface area (Å²) < 4.78 is 0. The van der Waals surface area contributed by atoms with Gasteiger partial charge in [-0.2, -0.15) is 0 Å². The van der Waals surface area contributed by atoms with Crippen LogP contribution in [-0.2, 0) is 0 Å². The molecular formula is C15H28N6. The zero-order chi connectivity index (χ0) is 15.2. The van der Waals surface area contributed by atoms with Gasteiger partial charge in [-0.1, -0.05) is 6.92 Å². The molecule has 0 aliphatic carbocycles. The lowest BCUT2D eigenvalue weighted by Gasteiger charge is -2.37. The number of hydrogen-bond donors (Lipinski definition) is 2. The van der Waals surface area contributed by atoms with E-state index in [2.05, 4.69) is 51.4 Å². The van der Waals surface area contributed by atoms with Gasteiger partial charge in [0.15, 0.2) is 0 Å². The van der Waals surface area contributed by atoms with Gasteiger partial charge in [0, 0.05) is 44.8 Å². The molecule has 118 valence electrons. The highest BCUT2D eigenvalue weighted by molar-refractivity contribution is 5.47. The lowest BCUT2D eigenvalue weighted by atomic mass is 10.2. The quantitative estimate of drug-likeness (QED) is 0.823. The number of nitrogens with one attached hydrogen (secondary N) is 2. The SMILES string of the molecule is CCCNc1cc(NCC2CN(C)CCN2C)nc(C)n1. The van der Waals surface area contributed by atoms with Crippen LogP contribution in [0.15, 0.2) is 6.07 Å².